The number of H-pyrrole nitrogens is 1. The van der Waals surface area contributed by atoms with Crippen LogP contribution in [0.15, 0.2) is 48.8 Å². The average Bonchev–Trinajstić information content (AvgIpc) is 2.96. The average molecular weight is 282 g/mol. The number of carbonyl (C=O) groups excluding carboxylic acids is 1. The van der Waals surface area contributed by atoms with Crippen molar-refractivity contribution in [3.05, 3.63) is 64.5 Å². The lowest BCUT2D eigenvalue weighted by molar-refractivity contribution is -0.385. The Kier molecular flexibility index (Phi) is 3.07. The second kappa shape index (κ2) is 5.04. The number of nitrogens with one attached hydrogen (secondary N) is 2. The van der Waals surface area contributed by atoms with Crippen LogP contribution in [-0.2, 0) is 0 Å². The molecule has 2 heterocycles. The Morgan fingerprint density at radius 2 is 2.05 bits per heavy atom. The standard InChI is InChI=1S/C14H10N4O3/c19-14(10-3-1-2-4-12(10)18(20)21)17-11-6-8-16-13-9(11)5-7-15-13/h1-8H,(H2,15,16,17,19). The lowest BCUT2D eigenvalue weighted by Crippen LogP contribution is -2.14. The Labute approximate surface area is 118 Å². The molecule has 0 spiro atoms. The third-order valence-electron chi connectivity index (χ3n) is 3.05. The quantitative estimate of drug-likeness (QED) is 0.569. The molecule has 0 aliphatic heterocycles. The zero-order valence-corrected chi connectivity index (χ0v) is 10.7. The molecule has 7 heteroatoms. The monoisotopic (exact) mass is 282 g/mol. The van der Waals surface area contributed by atoms with E-state index in [-0.39, 0.29) is 11.3 Å². The Morgan fingerprint density at radius 3 is 2.86 bits per heavy atom. The number of nitrogens with zero attached hydrogens (tertiary/aromatic N) is 2. The first-order chi connectivity index (χ1) is 10.2. The van der Waals surface area contributed by atoms with Crippen molar-refractivity contribution >= 4 is 28.3 Å². The van der Waals surface area contributed by atoms with Crippen LogP contribution >= 0.6 is 0 Å². The number of nitro groups is 1. The van der Waals surface area contributed by atoms with Crippen LogP contribution in [0, 0.1) is 10.1 Å². The number of pyridine rings is 1. The van der Waals surface area contributed by atoms with Gasteiger partial charge >= 0.3 is 0 Å². The molecule has 21 heavy (non-hydrogen) atoms. The molecule has 0 fully saturated rings. The fraction of sp³-hybridized carbons (Fsp3) is 0. The van der Waals surface area contributed by atoms with Crippen molar-refractivity contribution in [3.63, 3.8) is 0 Å². The van der Waals surface area contributed by atoms with E-state index >= 15 is 0 Å². The van der Waals surface area contributed by atoms with E-state index in [1.807, 2.05) is 0 Å². The van der Waals surface area contributed by atoms with Gasteiger partial charge in [-0.1, -0.05) is 12.1 Å². The van der Waals surface area contributed by atoms with E-state index in [1.54, 1.807) is 30.6 Å². The van der Waals surface area contributed by atoms with Crippen LogP contribution in [0.1, 0.15) is 10.4 Å². The molecule has 3 rings (SSSR count). The number of anilines is 1. The number of hydrogen-bond donors (Lipinski definition) is 2. The number of benzene rings is 1. The Morgan fingerprint density at radius 1 is 1.24 bits per heavy atom. The minimum Gasteiger partial charge on any atom is -0.346 e. The molecule has 1 amide bonds. The smallest absolute Gasteiger partial charge is 0.282 e. The number of para-hydroxylation sites is 1. The molecule has 0 saturated carbocycles. The van der Waals surface area contributed by atoms with E-state index in [1.165, 1.54) is 18.2 Å². The Bertz CT molecular complexity index is 841. The van der Waals surface area contributed by atoms with Crippen molar-refractivity contribution in [1.82, 2.24) is 9.97 Å². The predicted molar refractivity (Wildman–Crippen MR) is 77.1 cm³/mol. The number of rotatable bonds is 3. The number of fused-ring (bicyclic) bond motifs is 1. The maximum absolute atomic E-state index is 12.3. The van der Waals surface area contributed by atoms with E-state index in [2.05, 4.69) is 15.3 Å². The van der Waals surface area contributed by atoms with Crippen LogP contribution < -0.4 is 5.32 Å². The Hall–Kier alpha value is -3.22. The summed E-state index contributed by atoms with van der Waals surface area (Å²) in [5.74, 6) is -0.531. The van der Waals surface area contributed by atoms with Gasteiger partial charge in [0, 0.05) is 23.8 Å². The molecule has 0 atom stereocenters. The van der Waals surface area contributed by atoms with Crippen molar-refractivity contribution < 1.29 is 9.72 Å². The number of carbonyl (C=O) groups is 1. The van der Waals surface area contributed by atoms with E-state index in [0.29, 0.717) is 11.3 Å². The maximum atomic E-state index is 12.3. The Balaban J connectivity index is 1.97. The van der Waals surface area contributed by atoms with Crippen molar-refractivity contribution in [1.29, 1.82) is 0 Å². The summed E-state index contributed by atoms with van der Waals surface area (Å²) in [7, 11) is 0. The zero-order chi connectivity index (χ0) is 14.8. The number of amides is 1. The normalized spacial score (nSPS) is 10.5. The first-order valence-electron chi connectivity index (χ1n) is 6.13. The minimum absolute atomic E-state index is 0.0167. The third-order valence-corrected chi connectivity index (χ3v) is 3.05. The van der Waals surface area contributed by atoms with Gasteiger partial charge in [-0.25, -0.2) is 4.98 Å². The van der Waals surface area contributed by atoms with Crippen LogP contribution in [0.25, 0.3) is 11.0 Å². The summed E-state index contributed by atoms with van der Waals surface area (Å²) in [6.07, 6.45) is 3.26. The largest absolute Gasteiger partial charge is 0.346 e. The lowest BCUT2D eigenvalue weighted by atomic mass is 10.1. The van der Waals surface area contributed by atoms with Gasteiger partial charge in [-0.05, 0) is 18.2 Å². The lowest BCUT2D eigenvalue weighted by Gasteiger charge is -2.06. The third kappa shape index (κ3) is 2.32. The molecule has 3 aromatic rings. The fourth-order valence-electron chi connectivity index (χ4n) is 2.08. The molecule has 1 aromatic carbocycles. The second-order valence-electron chi connectivity index (χ2n) is 4.33. The number of aromatic amines is 1. The SMILES string of the molecule is O=C(Nc1ccnc2[nH]ccc12)c1ccccc1[N+](=O)[O-]. The molecule has 104 valence electrons. The van der Waals surface area contributed by atoms with Gasteiger partial charge in [-0.3, -0.25) is 14.9 Å². The van der Waals surface area contributed by atoms with E-state index in [9.17, 15) is 14.9 Å². The molecule has 7 nitrogen and oxygen atoms in total. The molecule has 2 aromatic heterocycles. The summed E-state index contributed by atoms with van der Waals surface area (Å²) in [6, 6.07) is 9.24. The minimum atomic E-state index is -0.576. The van der Waals surface area contributed by atoms with Crippen molar-refractivity contribution in [2.75, 3.05) is 5.32 Å². The summed E-state index contributed by atoms with van der Waals surface area (Å²) < 4.78 is 0. The molecular weight excluding hydrogens is 272 g/mol. The highest BCUT2D eigenvalue weighted by Gasteiger charge is 2.19. The van der Waals surface area contributed by atoms with Crippen LogP contribution in [0.2, 0.25) is 0 Å². The van der Waals surface area contributed by atoms with Gasteiger partial charge in [0.05, 0.1) is 10.6 Å². The molecule has 0 radical (unpaired) electrons. The summed E-state index contributed by atoms with van der Waals surface area (Å²) in [5.41, 5.74) is 0.970. The predicted octanol–water partition coefficient (Wildman–Crippen LogP) is 2.72. The van der Waals surface area contributed by atoms with Crippen molar-refractivity contribution in [2.45, 2.75) is 0 Å². The van der Waals surface area contributed by atoms with Gasteiger partial charge in [0.25, 0.3) is 11.6 Å². The van der Waals surface area contributed by atoms with Crippen LogP contribution in [0.4, 0.5) is 11.4 Å². The molecular formula is C14H10N4O3. The van der Waals surface area contributed by atoms with Crippen LogP contribution in [-0.4, -0.2) is 20.8 Å². The van der Waals surface area contributed by atoms with Crippen LogP contribution in [0.3, 0.4) is 0 Å². The molecule has 0 aliphatic rings. The summed E-state index contributed by atoms with van der Waals surface area (Å²) in [6.45, 7) is 0. The van der Waals surface area contributed by atoms with Crippen LogP contribution in [0.5, 0.6) is 0 Å². The number of hydrogen-bond acceptors (Lipinski definition) is 4. The van der Waals surface area contributed by atoms with E-state index < -0.39 is 10.8 Å². The first-order valence-corrected chi connectivity index (χ1v) is 6.13. The highest BCUT2D eigenvalue weighted by atomic mass is 16.6. The fourth-order valence-corrected chi connectivity index (χ4v) is 2.08. The van der Waals surface area contributed by atoms with Gasteiger partial charge < -0.3 is 10.3 Å². The van der Waals surface area contributed by atoms with E-state index in [4.69, 9.17) is 0 Å². The highest BCUT2D eigenvalue weighted by molar-refractivity contribution is 6.10. The summed E-state index contributed by atoms with van der Waals surface area (Å²) in [5, 5.41) is 14.4. The molecule has 0 unspecified atom stereocenters. The molecule has 0 bridgehead atoms. The number of nitro benzene ring substituents is 1. The van der Waals surface area contributed by atoms with Gasteiger partial charge in [0.15, 0.2) is 0 Å². The van der Waals surface area contributed by atoms with E-state index in [0.717, 1.165) is 5.39 Å². The topological polar surface area (TPSA) is 101 Å². The summed E-state index contributed by atoms with van der Waals surface area (Å²) >= 11 is 0. The van der Waals surface area contributed by atoms with Gasteiger partial charge in [0.2, 0.25) is 0 Å². The first kappa shape index (κ1) is 12.8. The second-order valence-corrected chi connectivity index (χ2v) is 4.33. The summed E-state index contributed by atoms with van der Waals surface area (Å²) in [4.78, 5) is 29.7. The zero-order valence-electron chi connectivity index (χ0n) is 10.7. The van der Waals surface area contributed by atoms with Crippen molar-refractivity contribution in [2.24, 2.45) is 0 Å². The molecule has 2 N–H and O–H groups in total. The maximum Gasteiger partial charge on any atom is 0.282 e. The molecule has 0 aliphatic carbocycles. The molecule has 0 saturated heterocycles. The number of aromatic nitrogens is 2. The highest BCUT2D eigenvalue weighted by Crippen LogP contribution is 2.23. The van der Waals surface area contributed by atoms with Gasteiger partial charge in [-0.2, -0.15) is 0 Å². The van der Waals surface area contributed by atoms with Crippen molar-refractivity contribution in [3.8, 4) is 0 Å². The van der Waals surface area contributed by atoms with Gasteiger partial charge in [-0.15, -0.1) is 0 Å². The van der Waals surface area contributed by atoms with Gasteiger partial charge in [0.1, 0.15) is 11.2 Å².